The topological polar surface area (TPSA) is 118 Å². The number of amides is 2. The summed E-state index contributed by atoms with van der Waals surface area (Å²) in [5.41, 5.74) is 6.41. The summed E-state index contributed by atoms with van der Waals surface area (Å²) < 4.78 is 30.0. The van der Waals surface area contributed by atoms with Gasteiger partial charge in [-0.25, -0.2) is 8.42 Å². The molecule has 0 radical (unpaired) electrons. The van der Waals surface area contributed by atoms with E-state index in [1.54, 1.807) is 7.05 Å². The van der Waals surface area contributed by atoms with Gasteiger partial charge in [0, 0.05) is 32.0 Å². The van der Waals surface area contributed by atoms with Gasteiger partial charge in [0.2, 0.25) is 10.0 Å². The first kappa shape index (κ1) is 21.1. The largest absolute Gasteiger partial charge is 0.345 e. The van der Waals surface area contributed by atoms with Crippen LogP contribution in [-0.4, -0.2) is 52.0 Å². The third-order valence-corrected chi connectivity index (χ3v) is 6.74. The fraction of sp³-hybridized carbons (Fsp3) is 0.500. The average Bonchev–Trinajstić information content (AvgIpc) is 3.22. The van der Waals surface area contributed by atoms with Crippen LogP contribution in [0, 0.1) is 13.8 Å². The minimum Gasteiger partial charge on any atom is -0.345 e. The fourth-order valence-electron chi connectivity index (χ4n) is 3.36. The molecule has 29 heavy (non-hydrogen) atoms. The summed E-state index contributed by atoms with van der Waals surface area (Å²) in [5.74, 6) is -1.05. The maximum Gasteiger partial charge on any atom is 0.286 e. The van der Waals surface area contributed by atoms with Gasteiger partial charge in [-0.05, 0) is 38.8 Å². The number of nitrogens with one attached hydrogen (secondary N) is 2. The molecule has 11 heteroatoms. The number of hydrazine groups is 1. The number of nitrogens with zero attached hydrogens (tertiary/aromatic N) is 4. The zero-order chi connectivity index (χ0) is 21.2. The SMILES string of the molecule is Cc1cc(C)n(CC(=O)NNC(=O)c2cc(S(=O)(=O)N3CCCCC3)cn2C)n1. The average molecular weight is 423 g/mol. The first-order valence-electron chi connectivity index (χ1n) is 9.45. The van der Waals surface area contributed by atoms with Gasteiger partial charge in [0.05, 0.1) is 5.69 Å². The van der Waals surface area contributed by atoms with Crippen molar-refractivity contribution in [2.45, 2.75) is 44.6 Å². The van der Waals surface area contributed by atoms with E-state index in [4.69, 9.17) is 0 Å². The van der Waals surface area contributed by atoms with E-state index in [0.29, 0.717) is 13.1 Å². The van der Waals surface area contributed by atoms with Crippen molar-refractivity contribution in [1.29, 1.82) is 0 Å². The summed E-state index contributed by atoms with van der Waals surface area (Å²) >= 11 is 0. The van der Waals surface area contributed by atoms with Gasteiger partial charge in [-0.3, -0.25) is 25.1 Å². The van der Waals surface area contributed by atoms with Gasteiger partial charge in [0.15, 0.2) is 0 Å². The maximum absolute atomic E-state index is 12.8. The summed E-state index contributed by atoms with van der Waals surface area (Å²) in [7, 11) is -2.05. The molecule has 0 atom stereocenters. The molecule has 0 unspecified atom stereocenters. The molecule has 1 saturated heterocycles. The molecular formula is C18H26N6O4S. The molecule has 10 nitrogen and oxygen atoms in total. The van der Waals surface area contributed by atoms with E-state index in [0.717, 1.165) is 30.7 Å². The van der Waals surface area contributed by atoms with Crippen molar-refractivity contribution in [3.8, 4) is 0 Å². The molecule has 0 spiro atoms. The second kappa shape index (κ2) is 8.37. The van der Waals surface area contributed by atoms with Crippen molar-refractivity contribution in [2.75, 3.05) is 13.1 Å². The molecular weight excluding hydrogens is 396 g/mol. The Balaban J connectivity index is 1.64. The van der Waals surface area contributed by atoms with E-state index < -0.39 is 21.8 Å². The number of rotatable bonds is 5. The van der Waals surface area contributed by atoms with Gasteiger partial charge >= 0.3 is 0 Å². The Morgan fingerprint density at radius 1 is 1.10 bits per heavy atom. The molecule has 2 N–H and O–H groups in total. The van der Waals surface area contributed by atoms with E-state index in [-0.39, 0.29) is 17.1 Å². The van der Waals surface area contributed by atoms with Crippen LogP contribution in [0.15, 0.2) is 23.2 Å². The van der Waals surface area contributed by atoms with E-state index in [1.165, 1.54) is 25.8 Å². The van der Waals surface area contributed by atoms with Crippen LogP contribution in [0.5, 0.6) is 0 Å². The molecule has 0 bridgehead atoms. The number of piperidine rings is 1. The highest BCUT2D eigenvalue weighted by Gasteiger charge is 2.28. The van der Waals surface area contributed by atoms with Crippen molar-refractivity contribution in [2.24, 2.45) is 7.05 Å². The lowest BCUT2D eigenvalue weighted by atomic mass is 10.2. The van der Waals surface area contributed by atoms with Crippen LogP contribution in [0.2, 0.25) is 0 Å². The second-order valence-corrected chi connectivity index (χ2v) is 9.16. The van der Waals surface area contributed by atoms with Gasteiger partial charge in [-0.15, -0.1) is 0 Å². The molecule has 0 saturated carbocycles. The fourth-order valence-corrected chi connectivity index (χ4v) is 4.95. The molecule has 0 aliphatic carbocycles. The van der Waals surface area contributed by atoms with E-state index in [9.17, 15) is 18.0 Å². The van der Waals surface area contributed by atoms with Gasteiger partial charge in [-0.1, -0.05) is 6.42 Å². The summed E-state index contributed by atoms with van der Waals surface area (Å²) in [6.07, 6.45) is 4.10. The molecule has 3 rings (SSSR count). The van der Waals surface area contributed by atoms with Crippen LogP contribution in [0.1, 0.15) is 41.1 Å². The minimum absolute atomic E-state index is 0.0400. The smallest absolute Gasteiger partial charge is 0.286 e. The third-order valence-electron chi connectivity index (χ3n) is 4.88. The van der Waals surface area contributed by atoms with Gasteiger partial charge in [0.25, 0.3) is 11.8 Å². The number of hydrogen-bond donors (Lipinski definition) is 2. The van der Waals surface area contributed by atoms with Crippen molar-refractivity contribution in [3.05, 3.63) is 35.4 Å². The second-order valence-electron chi connectivity index (χ2n) is 7.22. The predicted octanol–water partition coefficient (Wildman–Crippen LogP) is 0.474. The Hall–Kier alpha value is -2.66. The minimum atomic E-state index is -3.64. The molecule has 0 aromatic carbocycles. The van der Waals surface area contributed by atoms with Crippen molar-refractivity contribution >= 4 is 21.8 Å². The summed E-state index contributed by atoms with van der Waals surface area (Å²) in [5, 5.41) is 4.19. The Morgan fingerprint density at radius 2 is 1.79 bits per heavy atom. The Morgan fingerprint density at radius 3 is 2.41 bits per heavy atom. The Bertz CT molecular complexity index is 1020. The van der Waals surface area contributed by atoms with Crippen LogP contribution in [-0.2, 0) is 28.4 Å². The summed E-state index contributed by atoms with van der Waals surface area (Å²) in [6, 6.07) is 3.17. The standard InChI is InChI=1S/C18H26N6O4S/c1-13-9-14(2)24(21-13)12-17(25)19-20-18(26)16-10-15(11-22(16)3)29(27,28)23-7-5-4-6-8-23/h9-11H,4-8,12H2,1-3H3,(H,19,25)(H,20,26). The Labute approximate surface area is 169 Å². The number of aryl methyl sites for hydroxylation is 3. The number of carbonyl (C=O) groups is 2. The number of carbonyl (C=O) groups excluding carboxylic acids is 2. The quantitative estimate of drug-likeness (QED) is 0.679. The summed E-state index contributed by atoms with van der Waals surface area (Å²) in [4.78, 5) is 24.6. The first-order chi connectivity index (χ1) is 13.7. The highest BCUT2D eigenvalue weighted by Crippen LogP contribution is 2.22. The van der Waals surface area contributed by atoms with Crippen molar-refractivity contribution < 1.29 is 18.0 Å². The van der Waals surface area contributed by atoms with E-state index in [1.807, 2.05) is 19.9 Å². The van der Waals surface area contributed by atoms with Gasteiger partial charge < -0.3 is 4.57 Å². The zero-order valence-electron chi connectivity index (χ0n) is 16.8. The van der Waals surface area contributed by atoms with Crippen LogP contribution < -0.4 is 10.9 Å². The van der Waals surface area contributed by atoms with Crippen LogP contribution in [0.4, 0.5) is 0 Å². The van der Waals surface area contributed by atoms with Crippen molar-refractivity contribution in [3.63, 3.8) is 0 Å². The molecule has 1 aliphatic heterocycles. The van der Waals surface area contributed by atoms with E-state index >= 15 is 0 Å². The lowest BCUT2D eigenvalue weighted by Crippen LogP contribution is -2.43. The molecule has 3 heterocycles. The molecule has 1 fully saturated rings. The highest BCUT2D eigenvalue weighted by molar-refractivity contribution is 7.89. The number of sulfonamides is 1. The molecule has 1 aliphatic rings. The highest BCUT2D eigenvalue weighted by atomic mass is 32.2. The normalized spacial score (nSPS) is 15.3. The predicted molar refractivity (Wildman–Crippen MR) is 105 cm³/mol. The summed E-state index contributed by atoms with van der Waals surface area (Å²) in [6.45, 7) is 4.60. The zero-order valence-corrected chi connectivity index (χ0v) is 17.6. The Kier molecular flexibility index (Phi) is 6.08. The van der Waals surface area contributed by atoms with E-state index in [2.05, 4.69) is 16.0 Å². The van der Waals surface area contributed by atoms with Gasteiger partial charge in [-0.2, -0.15) is 9.40 Å². The lowest BCUT2D eigenvalue weighted by molar-refractivity contribution is -0.122. The lowest BCUT2D eigenvalue weighted by Gasteiger charge is -2.25. The monoisotopic (exact) mass is 422 g/mol. The van der Waals surface area contributed by atoms with Crippen LogP contribution in [0.3, 0.4) is 0 Å². The van der Waals surface area contributed by atoms with Crippen LogP contribution in [0.25, 0.3) is 0 Å². The third kappa shape index (κ3) is 4.67. The molecule has 2 amide bonds. The van der Waals surface area contributed by atoms with Crippen LogP contribution >= 0.6 is 0 Å². The molecule has 2 aromatic heterocycles. The molecule has 2 aromatic rings. The number of hydrogen-bond acceptors (Lipinski definition) is 5. The van der Waals surface area contributed by atoms with Gasteiger partial charge in [0.1, 0.15) is 17.1 Å². The molecule has 158 valence electrons. The number of aromatic nitrogens is 3. The maximum atomic E-state index is 12.8. The van der Waals surface area contributed by atoms with Crippen molar-refractivity contribution in [1.82, 2.24) is 29.5 Å². The first-order valence-corrected chi connectivity index (χ1v) is 10.9.